The number of nitrogens with zero attached hydrogens (tertiary/aromatic N) is 7. The van der Waals surface area contributed by atoms with Crippen LogP contribution in [0.25, 0.3) is 11.0 Å². The van der Waals surface area contributed by atoms with Crippen LogP contribution < -0.4 is 10.5 Å². The molecular weight excluding hydrogens is 457 g/mol. The lowest BCUT2D eigenvalue weighted by Crippen LogP contribution is -2.59. The minimum atomic E-state index is -0.353. The maximum Gasteiger partial charge on any atom is 0.252 e. The lowest BCUT2D eigenvalue weighted by molar-refractivity contribution is 0.0989. The van der Waals surface area contributed by atoms with E-state index in [1.165, 1.54) is 0 Å². The molecule has 1 unspecified atom stereocenters. The standard InChI is InChI=1S/C27H34FN7O/c1-5-19-15-35(23-13-25(36)32(4)24-16-33(12-11-29)31-26(23)24)20(6-2)14-34(19)17(3)21-9-10-22(18-7-8-18)30-27(21)28/h9-10,13,16-20H,5-8,12,14-15H2,1-4H3/t17?,19-,20+/m1/s1. The predicted molar refractivity (Wildman–Crippen MR) is 137 cm³/mol. The molecule has 9 heteroatoms. The van der Waals surface area contributed by atoms with Crippen molar-refractivity contribution in [2.75, 3.05) is 18.0 Å². The fourth-order valence-corrected chi connectivity index (χ4v) is 5.62. The Morgan fingerprint density at radius 1 is 1.19 bits per heavy atom. The van der Waals surface area contributed by atoms with Gasteiger partial charge in [0.15, 0.2) is 0 Å². The lowest BCUT2D eigenvalue weighted by atomic mass is 9.96. The molecule has 0 amide bonds. The summed E-state index contributed by atoms with van der Waals surface area (Å²) >= 11 is 0. The molecule has 1 saturated heterocycles. The monoisotopic (exact) mass is 491 g/mol. The SMILES string of the molecule is CC[C@H]1CN(C(C)c2ccc(C3CC3)nc2F)[C@H](CC)CN1c1cc(=O)n(C)c2cn(CC#N)nc12. The molecule has 8 nitrogen and oxygen atoms in total. The number of anilines is 1. The van der Waals surface area contributed by atoms with Gasteiger partial charge in [0.2, 0.25) is 5.95 Å². The Morgan fingerprint density at radius 2 is 1.94 bits per heavy atom. The number of pyridine rings is 2. The highest BCUT2D eigenvalue weighted by Crippen LogP contribution is 2.40. The third kappa shape index (κ3) is 4.28. The van der Waals surface area contributed by atoms with Gasteiger partial charge in [-0.15, -0.1) is 0 Å². The first kappa shape index (κ1) is 24.4. The van der Waals surface area contributed by atoms with Gasteiger partial charge in [-0.1, -0.05) is 19.9 Å². The summed E-state index contributed by atoms with van der Waals surface area (Å²) in [5, 5.41) is 13.8. The van der Waals surface area contributed by atoms with Gasteiger partial charge in [0, 0.05) is 61.5 Å². The zero-order valence-electron chi connectivity index (χ0n) is 21.5. The molecule has 0 aromatic carbocycles. The van der Waals surface area contributed by atoms with E-state index in [9.17, 15) is 4.79 Å². The van der Waals surface area contributed by atoms with Crippen LogP contribution in [0, 0.1) is 17.3 Å². The molecule has 5 rings (SSSR count). The van der Waals surface area contributed by atoms with Gasteiger partial charge in [0.25, 0.3) is 5.56 Å². The second kappa shape index (κ2) is 9.66. The first-order valence-corrected chi connectivity index (χ1v) is 13.0. The second-order valence-electron chi connectivity index (χ2n) is 10.2. The van der Waals surface area contributed by atoms with Crippen molar-refractivity contribution in [2.45, 2.75) is 77.0 Å². The summed E-state index contributed by atoms with van der Waals surface area (Å²) < 4.78 is 18.3. The van der Waals surface area contributed by atoms with E-state index in [0.29, 0.717) is 18.0 Å². The van der Waals surface area contributed by atoms with Crippen molar-refractivity contribution in [3.05, 3.63) is 52.0 Å². The molecule has 1 aliphatic carbocycles. The summed E-state index contributed by atoms with van der Waals surface area (Å²) in [7, 11) is 1.73. The molecule has 3 atom stereocenters. The van der Waals surface area contributed by atoms with E-state index < -0.39 is 0 Å². The Morgan fingerprint density at radius 3 is 2.58 bits per heavy atom. The highest BCUT2D eigenvalue weighted by atomic mass is 19.1. The second-order valence-corrected chi connectivity index (χ2v) is 10.2. The largest absolute Gasteiger partial charge is 0.364 e. The Balaban J connectivity index is 1.48. The third-order valence-electron chi connectivity index (χ3n) is 8.00. The molecule has 2 fully saturated rings. The summed E-state index contributed by atoms with van der Waals surface area (Å²) in [6.07, 6.45) is 5.73. The molecule has 1 aliphatic heterocycles. The molecule has 0 bridgehead atoms. The molecule has 3 aromatic rings. The average molecular weight is 492 g/mol. The van der Waals surface area contributed by atoms with Crippen molar-refractivity contribution in [3.63, 3.8) is 0 Å². The normalized spacial score (nSPS) is 21.6. The minimum Gasteiger partial charge on any atom is -0.364 e. The van der Waals surface area contributed by atoms with Crippen LogP contribution in [-0.2, 0) is 13.6 Å². The van der Waals surface area contributed by atoms with Gasteiger partial charge in [-0.3, -0.25) is 14.4 Å². The van der Waals surface area contributed by atoms with Crippen LogP contribution in [0.15, 0.2) is 29.2 Å². The van der Waals surface area contributed by atoms with Gasteiger partial charge in [-0.25, -0.2) is 4.98 Å². The molecule has 36 heavy (non-hydrogen) atoms. The zero-order valence-corrected chi connectivity index (χ0v) is 21.5. The van der Waals surface area contributed by atoms with Crippen molar-refractivity contribution in [2.24, 2.45) is 7.05 Å². The van der Waals surface area contributed by atoms with Gasteiger partial charge in [-0.2, -0.15) is 14.8 Å². The van der Waals surface area contributed by atoms with Gasteiger partial charge >= 0.3 is 0 Å². The van der Waals surface area contributed by atoms with E-state index in [4.69, 9.17) is 5.26 Å². The summed E-state index contributed by atoms with van der Waals surface area (Å²) in [6.45, 7) is 7.95. The van der Waals surface area contributed by atoms with E-state index >= 15 is 4.39 Å². The van der Waals surface area contributed by atoms with Gasteiger partial charge in [0.1, 0.15) is 12.1 Å². The maximum atomic E-state index is 15.1. The number of hydrogen-bond donors (Lipinski definition) is 0. The van der Waals surface area contributed by atoms with Crippen LogP contribution in [0.3, 0.4) is 0 Å². The predicted octanol–water partition coefficient (Wildman–Crippen LogP) is 4.11. The molecule has 190 valence electrons. The van der Waals surface area contributed by atoms with E-state index in [0.717, 1.165) is 54.6 Å². The first-order valence-electron chi connectivity index (χ1n) is 13.0. The number of hydrogen-bond acceptors (Lipinski definition) is 6. The Bertz CT molecular complexity index is 1370. The molecule has 4 heterocycles. The summed E-state index contributed by atoms with van der Waals surface area (Å²) in [6, 6.07) is 7.91. The van der Waals surface area contributed by atoms with Gasteiger partial charge in [-0.05, 0) is 38.7 Å². The van der Waals surface area contributed by atoms with E-state index in [-0.39, 0.29) is 36.2 Å². The number of piperazine rings is 1. The number of halogens is 1. The highest BCUT2D eigenvalue weighted by molar-refractivity contribution is 5.88. The van der Waals surface area contributed by atoms with E-state index in [1.807, 2.05) is 12.1 Å². The van der Waals surface area contributed by atoms with Crippen molar-refractivity contribution in [1.29, 1.82) is 5.26 Å². The molecular formula is C27H34FN7O. The van der Waals surface area contributed by atoms with Crippen molar-refractivity contribution >= 4 is 16.7 Å². The zero-order chi connectivity index (χ0) is 25.6. The van der Waals surface area contributed by atoms with Crippen LogP contribution in [0.5, 0.6) is 0 Å². The van der Waals surface area contributed by atoms with Crippen LogP contribution in [0.1, 0.15) is 69.7 Å². The summed E-state index contributed by atoms with van der Waals surface area (Å²) in [4.78, 5) is 21.9. The Labute approximate surface area is 210 Å². The molecule has 3 aromatic heterocycles. The molecule has 2 aliphatic rings. The average Bonchev–Trinajstić information content (AvgIpc) is 3.65. The lowest BCUT2D eigenvalue weighted by Gasteiger charge is -2.49. The summed E-state index contributed by atoms with van der Waals surface area (Å²) in [5.41, 5.74) is 3.67. The van der Waals surface area contributed by atoms with Crippen molar-refractivity contribution in [1.82, 2.24) is 24.2 Å². The first-order chi connectivity index (χ1) is 17.4. The maximum absolute atomic E-state index is 15.1. The van der Waals surface area contributed by atoms with Crippen LogP contribution >= 0.6 is 0 Å². The Hall–Kier alpha value is -3.25. The number of rotatable bonds is 7. The smallest absolute Gasteiger partial charge is 0.252 e. The number of nitriles is 1. The highest BCUT2D eigenvalue weighted by Gasteiger charge is 2.37. The fourth-order valence-electron chi connectivity index (χ4n) is 5.62. The van der Waals surface area contributed by atoms with Crippen molar-refractivity contribution < 1.29 is 4.39 Å². The molecule has 0 radical (unpaired) electrons. The van der Waals surface area contributed by atoms with Crippen LogP contribution in [0.4, 0.5) is 10.1 Å². The van der Waals surface area contributed by atoms with Gasteiger partial charge in [0.05, 0.1) is 23.5 Å². The van der Waals surface area contributed by atoms with Crippen LogP contribution in [0.2, 0.25) is 0 Å². The molecule has 1 saturated carbocycles. The molecule has 0 spiro atoms. The quantitative estimate of drug-likeness (QED) is 0.463. The van der Waals surface area contributed by atoms with Gasteiger partial charge < -0.3 is 9.47 Å². The van der Waals surface area contributed by atoms with E-state index in [1.54, 1.807) is 28.6 Å². The topological polar surface area (TPSA) is 83.0 Å². The minimum absolute atomic E-state index is 0.100. The van der Waals surface area contributed by atoms with Crippen molar-refractivity contribution in [3.8, 4) is 6.07 Å². The fraction of sp³-hybridized carbons (Fsp3) is 0.556. The Kier molecular flexibility index (Phi) is 6.56. The molecule has 0 N–H and O–H groups in total. The summed E-state index contributed by atoms with van der Waals surface area (Å²) in [5.74, 6) is 0.0702. The third-order valence-corrected chi connectivity index (χ3v) is 8.00. The van der Waals surface area contributed by atoms with E-state index in [2.05, 4.69) is 46.7 Å². The number of aryl methyl sites for hydroxylation is 1. The number of aromatic nitrogens is 4. The number of fused-ring (bicyclic) bond motifs is 1. The van der Waals surface area contributed by atoms with Crippen LogP contribution in [-0.4, -0.2) is 49.4 Å².